The van der Waals surface area contributed by atoms with Crippen LogP contribution in [-0.4, -0.2) is 11.7 Å². The summed E-state index contributed by atoms with van der Waals surface area (Å²) in [5.41, 5.74) is 2.07. The minimum atomic E-state index is 0.00857. The Bertz CT molecular complexity index is 572. The molecule has 0 spiro atoms. The molecule has 1 atom stereocenters. The molecule has 0 saturated heterocycles. The van der Waals surface area contributed by atoms with Crippen molar-refractivity contribution in [2.75, 3.05) is 6.61 Å². The van der Waals surface area contributed by atoms with Gasteiger partial charge in [-0.25, -0.2) is 0 Å². The van der Waals surface area contributed by atoms with Gasteiger partial charge < -0.3 is 5.11 Å². The first kappa shape index (κ1) is 14.9. The van der Waals surface area contributed by atoms with E-state index in [1.807, 2.05) is 36.4 Å². The maximum absolute atomic E-state index is 9.62. The van der Waals surface area contributed by atoms with E-state index in [4.69, 9.17) is 23.2 Å². The van der Waals surface area contributed by atoms with E-state index >= 15 is 0 Å². The molecule has 4 heteroatoms. The minimum absolute atomic E-state index is 0.00857. The Hall–Kier alpha value is -0.540. The number of rotatable bonds is 4. The monoisotopic (exact) mass is 358 g/mol. The molecule has 0 heterocycles. The lowest BCUT2D eigenvalue weighted by Crippen LogP contribution is -2.08. The molecule has 2 rings (SSSR count). The molecule has 0 amide bonds. The van der Waals surface area contributed by atoms with Gasteiger partial charge in [0.15, 0.2) is 0 Å². The summed E-state index contributed by atoms with van der Waals surface area (Å²) in [5.74, 6) is 0.00857. The van der Waals surface area contributed by atoms with Gasteiger partial charge in [-0.15, -0.1) is 0 Å². The molecular weight excluding hydrogens is 347 g/mol. The highest BCUT2D eigenvalue weighted by Gasteiger charge is 2.15. The van der Waals surface area contributed by atoms with Gasteiger partial charge in [-0.3, -0.25) is 0 Å². The lowest BCUT2D eigenvalue weighted by molar-refractivity contribution is 0.264. The van der Waals surface area contributed by atoms with Crippen molar-refractivity contribution < 1.29 is 5.11 Å². The number of hydrogen-bond acceptors (Lipinski definition) is 1. The lowest BCUT2D eigenvalue weighted by Gasteiger charge is -2.17. The molecule has 19 heavy (non-hydrogen) atoms. The molecule has 0 radical (unpaired) electrons. The second-order valence-electron chi connectivity index (χ2n) is 4.34. The Balaban J connectivity index is 2.27. The van der Waals surface area contributed by atoms with Crippen LogP contribution >= 0.6 is 39.1 Å². The highest BCUT2D eigenvalue weighted by molar-refractivity contribution is 9.10. The predicted octanol–water partition coefficient (Wildman–Crippen LogP) is 5.07. The fourth-order valence-corrected chi connectivity index (χ4v) is 3.13. The average Bonchev–Trinajstić information content (AvgIpc) is 2.39. The second kappa shape index (κ2) is 6.76. The number of benzene rings is 2. The van der Waals surface area contributed by atoms with E-state index in [-0.39, 0.29) is 12.5 Å². The van der Waals surface area contributed by atoms with Crippen molar-refractivity contribution in [3.63, 3.8) is 0 Å². The standard InChI is InChI=1S/C15H13BrCl2O/c16-14-4-2-1-3-13(14)11(9-19)7-10-5-6-12(17)8-15(10)18/h1-6,8,11,19H,7,9H2/t11-/m0/s1. The molecule has 0 aliphatic carbocycles. The molecule has 0 unspecified atom stereocenters. The Labute approximate surface area is 131 Å². The molecule has 0 bridgehead atoms. The third-order valence-electron chi connectivity index (χ3n) is 3.05. The van der Waals surface area contributed by atoms with Gasteiger partial charge in [-0.2, -0.15) is 0 Å². The van der Waals surface area contributed by atoms with Gasteiger partial charge in [0, 0.05) is 20.4 Å². The first-order chi connectivity index (χ1) is 9.11. The van der Waals surface area contributed by atoms with Crippen LogP contribution in [-0.2, 0) is 6.42 Å². The number of aliphatic hydroxyl groups excluding tert-OH is 1. The third-order valence-corrected chi connectivity index (χ3v) is 4.36. The van der Waals surface area contributed by atoms with Gasteiger partial charge in [0.2, 0.25) is 0 Å². The van der Waals surface area contributed by atoms with Crippen molar-refractivity contribution in [2.45, 2.75) is 12.3 Å². The zero-order valence-corrected chi connectivity index (χ0v) is 13.2. The van der Waals surface area contributed by atoms with Crippen molar-refractivity contribution in [1.29, 1.82) is 0 Å². The van der Waals surface area contributed by atoms with E-state index in [0.29, 0.717) is 16.5 Å². The molecule has 100 valence electrons. The highest BCUT2D eigenvalue weighted by Crippen LogP contribution is 2.30. The van der Waals surface area contributed by atoms with Crippen LogP contribution in [0.15, 0.2) is 46.9 Å². The molecule has 0 aromatic heterocycles. The fraction of sp³-hybridized carbons (Fsp3) is 0.200. The summed E-state index contributed by atoms with van der Waals surface area (Å²) in [6.07, 6.45) is 0.676. The Morgan fingerprint density at radius 1 is 1.11 bits per heavy atom. The molecule has 0 aliphatic rings. The minimum Gasteiger partial charge on any atom is -0.396 e. The lowest BCUT2D eigenvalue weighted by atomic mass is 9.93. The third kappa shape index (κ3) is 3.73. The largest absolute Gasteiger partial charge is 0.396 e. The van der Waals surface area contributed by atoms with E-state index in [2.05, 4.69) is 15.9 Å². The average molecular weight is 360 g/mol. The predicted molar refractivity (Wildman–Crippen MR) is 84.1 cm³/mol. The summed E-state index contributed by atoms with van der Waals surface area (Å²) in [6.45, 7) is 0.0710. The van der Waals surface area contributed by atoms with Gasteiger partial charge in [0.1, 0.15) is 0 Å². The fourth-order valence-electron chi connectivity index (χ4n) is 2.03. The van der Waals surface area contributed by atoms with Crippen LogP contribution in [0, 0.1) is 0 Å². The van der Waals surface area contributed by atoms with E-state index in [9.17, 15) is 5.11 Å². The molecule has 0 fully saturated rings. The SMILES string of the molecule is OC[C@H](Cc1ccc(Cl)cc1Cl)c1ccccc1Br. The maximum atomic E-state index is 9.62. The van der Waals surface area contributed by atoms with Gasteiger partial charge in [0.05, 0.1) is 6.61 Å². The molecule has 1 nitrogen and oxygen atoms in total. The maximum Gasteiger partial charge on any atom is 0.0503 e. The van der Waals surface area contributed by atoms with Crippen LogP contribution in [0.2, 0.25) is 10.0 Å². The van der Waals surface area contributed by atoms with Crippen molar-refractivity contribution in [2.24, 2.45) is 0 Å². The van der Waals surface area contributed by atoms with Crippen LogP contribution in [0.1, 0.15) is 17.0 Å². The van der Waals surface area contributed by atoms with E-state index in [0.717, 1.165) is 15.6 Å². The zero-order valence-electron chi connectivity index (χ0n) is 10.1. The van der Waals surface area contributed by atoms with Crippen molar-refractivity contribution >= 4 is 39.1 Å². The summed E-state index contributed by atoms with van der Waals surface area (Å²) < 4.78 is 0.999. The van der Waals surface area contributed by atoms with Gasteiger partial charge in [-0.05, 0) is 35.7 Å². The van der Waals surface area contributed by atoms with Crippen LogP contribution in [0.5, 0.6) is 0 Å². The summed E-state index contributed by atoms with van der Waals surface area (Å²) in [7, 11) is 0. The van der Waals surface area contributed by atoms with E-state index in [1.165, 1.54) is 0 Å². The number of halogens is 3. The van der Waals surface area contributed by atoms with Gasteiger partial charge in [-0.1, -0.05) is 63.4 Å². The second-order valence-corrected chi connectivity index (χ2v) is 6.04. The smallest absolute Gasteiger partial charge is 0.0503 e. The van der Waals surface area contributed by atoms with Crippen LogP contribution in [0.3, 0.4) is 0 Å². The van der Waals surface area contributed by atoms with E-state index < -0.39 is 0 Å². The summed E-state index contributed by atoms with van der Waals surface area (Å²) in [4.78, 5) is 0. The van der Waals surface area contributed by atoms with E-state index in [1.54, 1.807) is 6.07 Å². The molecular formula is C15H13BrCl2O. The highest BCUT2D eigenvalue weighted by atomic mass is 79.9. The number of hydrogen-bond donors (Lipinski definition) is 1. The van der Waals surface area contributed by atoms with Gasteiger partial charge in [0.25, 0.3) is 0 Å². The topological polar surface area (TPSA) is 20.2 Å². The van der Waals surface area contributed by atoms with Crippen molar-refractivity contribution in [3.05, 3.63) is 68.1 Å². The summed E-state index contributed by atoms with van der Waals surface area (Å²) >= 11 is 15.6. The first-order valence-corrected chi connectivity index (χ1v) is 7.46. The normalized spacial score (nSPS) is 12.4. The molecule has 1 N–H and O–H groups in total. The first-order valence-electron chi connectivity index (χ1n) is 5.91. The molecule has 0 saturated carbocycles. The molecule has 0 aliphatic heterocycles. The summed E-state index contributed by atoms with van der Waals surface area (Å²) in [6, 6.07) is 13.4. The molecule has 2 aromatic carbocycles. The summed E-state index contributed by atoms with van der Waals surface area (Å²) in [5, 5.41) is 10.9. The van der Waals surface area contributed by atoms with Crippen molar-refractivity contribution in [3.8, 4) is 0 Å². The quantitative estimate of drug-likeness (QED) is 0.807. The van der Waals surface area contributed by atoms with Gasteiger partial charge >= 0.3 is 0 Å². The Kier molecular flexibility index (Phi) is 5.28. The molecule has 2 aromatic rings. The zero-order chi connectivity index (χ0) is 13.8. The van der Waals surface area contributed by atoms with Crippen LogP contribution < -0.4 is 0 Å². The Morgan fingerprint density at radius 3 is 2.47 bits per heavy atom. The van der Waals surface area contributed by atoms with Crippen LogP contribution in [0.25, 0.3) is 0 Å². The van der Waals surface area contributed by atoms with Crippen LogP contribution in [0.4, 0.5) is 0 Å². The Morgan fingerprint density at radius 2 is 1.84 bits per heavy atom. The number of aliphatic hydroxyl groups is 1. The van der Waals surface area contributed by atoms with Crippen molar-refractivity contribution in [1.82, 2.24) is 0 Å².